The molecule has 0 radical (unpaired) electrons. The number of aliphatic hydroxyl groups is 5. The SMILES string of the molecule is [2H]C(CCCCC)[C@](O)(C(=O)NCC)[C@@H](O)[C@H](O)[C@H](O)CO. The van der Waals surface area contributed by atoms with Crippen molar-refractivity contribution < 1.29 is 31.7 Å². The first-order valence-electron chi connectivity index (χ1n) is 7.92. The summed E-state index contributed by atoms with van der Waals surface area (Å²) in [6.45, 7) is 2.90. The van der Waals surface area contributed by atoms with Crippen LogP contribution in [0.3, 0.4) is 0 Å². The van der Waals surface area contributed by atoms with Gasteiger partial charge in [-0.3, -0.25) is 4.79 Å². The monoisotopic (exact) mass is 308 g/mol. The summed E-state index contributed by atoms with van der Waals surface area (Å²) in [5.74, 6) is -0.983. The largest absolute Gasteiger partial charge is 0.394 e. The maximum atomic E-state index is 12.1. The Kier molecular flexibility index (Phi) is 8.79. The predicted molar refractivity (Wildman–Crippen MR) is 77.5 cm³/mol. The summed E-state index contributed by atoms with van der Waals surface area (Å²) < 4.78 is 8.01. The highest BCUT2D eigenvalue weighted by molar-refractivity contribution is 5.85. The molecule has 0 heterocycles. The lowest BCUT2D eigenvalue weighted by atomic mass is 9.84. The van der Waals surface area contributed by atoms with Crippen LogP contribution in [0.2, 0.25) is 0 Å². The van der Waals surface area contributed by atoms with Crippen LogP contribution in [-0.2, 0) is 4.79 Å². The molecule has 0 saturated heterocycles. The van der Waals surface area contributed by atoms with E-state index in [0.717, 1.165) is 12.8 Å². The zero-order chi connectivity index (χ0) is 17.3. The quantitative estimate of drug-likeness (QED) is 0.269. The van der Waals surface area contributed by atoms with Crippen LogP contribution in [0, 0.1) is 0 Å². The molecule has 6 N–H and O–H groups in total. The van der Waals surface area contributed by atoms with Gasteiger partial charge in [-0.25, -0.2) is 0 Å². The van der Waals surface area contributed by atoms with Gasteiger partial charge in [0.15, 0.2) is 5.60 Å². The van der Waals surface area contributed by atoms with Gasteiger partial charge in [0, 0.05) is 7.92 Å². The van der Waals surface area contributed by atoms with Gasteiger partial charge in [-0.1, -0.05) is 26.2 Å². The van der Waals surface area contributed by atoms with Crippen molar-refractivity contribution >= 4 is 5.91 Å². The van der Waals surface area contributed by atoms with Gasteiger partial charge in [0.1, 0.15) is 18.3 Å². The van der Waals surface area contributed by atoms with Gasteiger partial charge in [-0.2, -0.15) is 0 Å². The third kappa shape index (κ3) is 5.88. The van der Waals surface area contributed by atoms with Gasteiger partial charge < -0.3 is 30.8 Å². The van der Waals surface area contributed by atoms with E-state index in [9.17, 15) is 25.2 Å². The van der Waals surface area contributed by atoms with E-state index in [1.165, 1.54) is 0 Å². The molecule has 0 spiro atoms. The Bertz CT molecular complexity index is 332. The molecule has 0 aliphatic heterocycles. The number of rotatable bonds is 11. The number of carbonyl (C=O) groups is 1. The molecule has 1 amide bonds. The van der Waals surface area contributed by atoms with E-state index in [2.05, 4.69) is 5.32 Å². The summed E-state index contributed by atoms with van der Waals surface area (Å²) in [5.41, 5.74) is -2.57. The number of carbonyl (C=O) groups excluding carboxylic acids is 1. The van der Waals surface area contributed by atoms with E-state index in [-0.39, 0.29) is 13.0 Å². The average Bonchev–Trinajstić information content (AvgIpc) is 2.51. The Balaban J connectivity index is 5.27. The standard InChI is InChI=1S/C14H29NO6/c1-3-5-6-7-8-14(21,13(20)15-4-2)12(19)11(18)10(17)9-16/h10-12,16-19,21H,3-9H2,1-2H3,(H,15,20)/t10-,11-,12+,14-/m1/s1/i8D/t8?,10-,11-,12+,14-. The first kappa shape index (κ1) is 18.3. The van der Waals surface area contributed by atoms with Crippen molar-refractivity contribution in [1.82, 2.24) is 5.32 Å². The fourth-order valence-electron chi connectivity index (χ4n) is 1.95. The fraction of sp³-hybridized carbons (Fsp3) is 0.929. The minimum absolute atomic E-state index is 0.153. The Hall–Kier alpha value is -0.730. The molecule has 21 heavy (non-hydrogen) atoms. The number of aliphatic hydroxyl groups excluding tert-OH is 4. The molecule has 0 fully saturated rings. The van der Waals surface area contributed by atoms with Crippen molar-refractivity contribution in [1.29, 1.82) is 0 Å². The number of unbranched alkanes of at least 4 members (excludes halogenated alkanes) is 2. The molecule has 0 aromatic carbocycles. The summed E-state index contributed by atoms with van der Waals surface area (Å²) in [6.07, 6.45) is -4.71. The number of hydrogen-bond donors (Lipinski definition) is 6. The van der Waals surface area contributed by atoms with Crippen LogP contribution < -0.4 is 5.32 Å². The van der Waals surface area contributed by atoms with Crippen molar-refractivity contribution in [2.75, 3.05) is 13.2 Å². The zero-order valence-electron chi connectivity index (χ0n) is 13.7. The summed E-state index contributed by atoms with van der Waals surface area (Å²) in [7, 11) is 0. The Morgan fingerprint density at radius 3 is 2.33 bits per heavy atom. The molecule has 0 bridgehead atoms. The highest BCUT2D eigenvalue weighted by Gasteiger charge is 2.47. The van der Waals surface area contributed by atoms with Crippen molar-refractivity contribution in [2.24, 2.45) is 0 Å². The topological polar surface area (TPSA) is 130 Å². The molecule has 0 aliphatic rings. The predicted octanol–water partition coefficient (Wildman–Crippen LogP) is -1.10. The highest BCUT2D eigenvalue weighted by Crippen LogP contribution is 2.24. The van der Waals surface area contributed by atoms with E-state index in [1.54, 1.807) is 6.92 Å². The number of hydrogen-bond acceptors (Lipinski definition) is 6. The third-order valence-electron chi connectivity index (χ3n) is 3.32. The maximum absolute atomic E-state index is 12.1. The average molecular weight is 308 g/mol. The van der Waals surface area contributed by atoms with Crippen LogP contribution in [-0.4, -0.2) is 68.5 Å². The highest BCUT2D eigenvalue weighted by atomic mass is 16.4. The van der Waals surface area contributed by atoms with E-state index in [1.807, 2.05) is 6.92 Å². The molecular formula is C14H29NO6. The van der Waals surface area contributed by atoms with E-state index >= 15 is 0 Å². The van der Waals surface area contributed by atoms with Crippen LogP contribution in [0.15, 0.2) is 0 Å². The fourth-order valence-corrected chi connectivity index (χ4v) is 1.95. The Morgan fingerprint density at radius 1 is 1.24 bits per heavy atom. The summed E-state index contributed by atoms with van der Waals surface area (Å²) in [4.78, 5) is 12.1. The van der Waals surface area contributed by atoms with Crippen molar-refractivity contribution in [2.45, 2.75) is 69.8 Å². The number of likely N-dealkylation sites (N-methyl/N-ethyl adjacent to an activating group) is 1. The second-order valence-corrected chi connectivity index (χ2v) is 5.07. The lowest BCUT2D eigenvalue weighted by Crippen LogP contribution is -2.61. The van der Waals surface area contributed by atoms with Gasteiger partial charge in [-0.05, 0) is 19.7 Å². The molecule has 7 heteroatoms. The molecule has 7 nitrogen and oxygen atoms in total. The van der Waals surface area contributed by atoms with Crippen LogP contribution in [0.4, 0.5) is 0 Å². The molecule has 0 rings (SSSR count). The minimum Gasteiger partial charge on any atom is -0.394 e. The van der Waals surface area contributed by atoms with Crippen LogP contribution in [0.5, 0.6) is 0 Å². The molecule has 5 atom stereocenters. The van der Waals surface area contributed by atoms with E-state index in [4.69, 9.17) is 6.48 Å². The normalized spacial score (nSPS) is 20.8. The van der Waals surface area contributed by atoms with Crippen molar-refractivity contribution in [3.63, 3.8) is 0 Å². The smallest absolute Gasteiger partial charge is 0.254 e. The third-order valence-corrected chi connectivity index (χ3v) is 3.32. The van der Waals surface area contributed by atoms with Gasteiger partial charge >= 0.3 is 0 Å². The maximum Gasteiger partial charge on any atom is 0.254 e. The molecule has 0 aliphatic carbocycles. The Labute approximate surface area is 127 Å². The first-order chi connectivity index (χ1) is 10.3. The second kappa shape index (κ2) is 10.1. The van der Waals surface area contributed by atoms with Gasteiger partial charge in [0.25, 0.3) is 5.91 Å². The van der Waals surface area contributed by atoms with E-state index < -0.39 is 42.8 Å². The van der Waals surface area contributed by atoms with Crippen LogP contribution in [0.1, 0.15) is 47.3 Å². The molecule has 0 aromatic heterocycles. The lowest BCUT2D eigenvalue weighted by molar-refractivity contribution is -0.178. The van der Waals surface area contributed by atoms with Crippen molar-refractivity contribution in [3.8, 4) is 0 Å². The molecule has 126 valence electrons. The summed E-state index contributed by atoms with van der Waals surface area (Å²) in [5, 5.41) is 51.0. The molecule has 0 saturated carbocycles. The zero-order valence-corrected chi connectivity index (χ0v) is 12.7. The second-order valence-electron chi connectivity index (χ2n) is 5.07. The summed E-state index contributed by atoms with van der Waals surface area (Å²) in [6, 6.07) is 0. The number of nitrogens with one attached hydrogen (secondary N) is 1. The number of amides is 1. The van der Waals surface area contributed by atoms with Crippen molar-refractivity contribution in [3.05, 3.63) is 0 Å². The van der Waals surface area contributed by atoms with E-state index in [0.29, 0.717) is 6.42 Å². The van der Waals surface area contributed by atoms with Crippen LogP contribution in [0.25, 0.3) is 0 Å². The lowest BCUT2D eigenvalue weighted by Gasteiger charge is -2.35. The van der Waals surface area contributed by atoms with Gasteiger partial charge in [0.2, 0.25) is 0 Å². The van der Waals surface area contributed by atoms with Gasteiger partial charge in [0.05, 0.1) is 6.61 Å². The molecule has 0 aromatic rings. The molecule has 1 unspecified atom stereocenters. The summed E-state index contributed by atoms with van der Waals surface area (Å²) >= 11 is 0. The molecular weight excluding hydrogens is 278 g/mol. The van der Waals surface area contributed by atoms with Gasteiger partial charge in [-0.15, -0.1) is 0 Å². The first-order valence-corrected chi connectivity index (χ1v) is 7.35. The Morgan fingerprint density at radius 2 is 1.86 bits per heavy atom. The minimum atomic E-state index is -2.57. The van der Waals surface area contributed by atoms with Crippen LogP contribution >= 0.6 is 0 Å².